The molecule has 0 saturated heterocycles. The second kappa shape index (κ2) is 8.83. The van der Waals surface area contributed by atoms with E-state index in [4.69, 9.17) is 23.2 Å². The number of pyridine rings is 1. The molecule has 0 bridgehead atoms. The number of carbonyl (C=O) groups is 1. The molecule has 1 heterocycles. The Morgan fingerprint density at radius 1 is 1.22 bits per heavy atom. The maximum atomic E-state index is 11.4. The number of aromatic carboxylic acids is 1. The topological polar surface area (TPSA) is 62.2 Å². The smallest absolute Gasteiger partial charge is 0.354 e. The Labute approximate surface area is 171 Å². The Morgan fingerprint density at radius 2 is 2.04 bits per heavy atom. The van der Waals surface area contributed by atoms with Crippen LogP contribution >= 0.6 is 35.0 Å². The number of hydrogen-bond acceptors (Lipinski definition) is 4. The minimum atomic E-state index is -1.09. The van der Waals surface area contributed by atoms with E-state index < -0.39 is 5.97 Å². The van der Waals surface area contributed by atoms with Crippen LogP contribution in [-0.2, 0) is 0 Å². The van der Waals surface area contributed by atoms with Crippen LogP contribution in [0.2, 0.25) is 10.0 Å². The summed E-state index contributed by atoms with van der Waals surface area (Å²) in [7, 11) is 0. The zero-order valence-corrected chi connectivity index (χ0v) is 17.0. The van der Waals surface area contributed by atoms with Gasteiger partial charge in [0, 0.05) is 27.5 Å². The number of anilines is 1. The van der Waals surface area contributed by atoms with Gasteiger partial charge in [-0.2, -0.15) is 0 Å². The molecule has 2 N–H and O–H groups in total. The molecule has 3 aromatic rings. The lowest BCUT2D eigenvalue weighted by atomic mass is 10.1. The van der Waals surface area contributed by atoms with E-state index in [-0.39, 0.29) is 5.69 Å². The summed E-state index contributed by atoms with van der Waals surface area (Å²) in [6.07, 6.45) is 0.913. The zero-order chi connectivity index (χ0) is 19.4. The minimum absolute atomic E-state index is 0.0440. The first-order valence-corrected chi connectivity index (χ1v) is 10.1. The number of carboxylic acids is 1. The van der Waals surface area contributed by atoms with Crippen molar-refractivity contribution in [3.05, 3.63) is 63.8 Å². The molecule has 0 unspecified atom stereocenters. The molecular weight excluding hydrogens is 403 g/mol. The summed E-state index contributed by atoms with van der Waals surface area (Å²) in [4.78, 5) is 16.8. The molecule has 27 heavy (non-hydrogen) atoms. The fourth-order valence-corrected chi connectivity index (χ4v) is 4.28. The van der Waals surface area contributed by atoms with Gasteiger partial charge in [0.2, 0.25) is 0 Å². The van der Waals surface area contributed by atoms with Gasteiger partial charge in [-0.3, -0.25) is 0 Å². The van der Waals surface area contributed by atoms with E-state index in [9.17, 15) is 9.90 Å². The number of hydrogen-bond donors (Lipinski definition) is 2. The van der Waals surface area contributed by atoms with Crippen LogP contribution in [0.1, 0.15) is 22.5 Å². The molecule has 0 amide bonds. The van der Waals surface area contributed by atoms with Gasteiger partial charge in [0.25, 0.3) is 0 Å². The Bertz CT molecular complexity index is 995. The van der Waals surface area contributed by atoms with Crippen molar-refractivity contribution in [3.8, 4) is 0 Å². The fourth-order valence-electron chi connectivity index (χ4n) is 2.73. The molecule has 0 aliphatic rings. The summed E-state index contributed by atoms with van der Waals surface area (Å²) in [6.45, 7) is 2.77. The average Bonchev–Trinajstić information content (AvgIpc) is 2.60. The van der Waals surface area contributed by atoms with E-state index in [1.807, 2.05) is 0 Å². The Balaban J connectivity index is 1.71. The number of nitrogens with zero attached hydrogens (tertiary/aromatic N) is 1. The lowest BCUT2D eigenvalue weighted by Gasteiger charge is -2.12. The van der Waals surface area contributed by atoms with E-state index in [0.29, 0.717) is 33.2 Å². The first kappa shape index (κ1) is 19.8. The van der Waals surface area contributed by atoms with Crippen LogP contribution in [0.3, 0.4) is 0 Å². The van der Waals surface area contributed by atoms with Gasteiger partial charge in [-0.05, 0) is 49.4 Å². The lowest BCUT2D eigenvalue weighted by molar-refractivity contribution is 0.0691. The predicted octanol–water partition coefficient (Wildman–Crippen LogP) is 6.14. The van der Waals surface area contributed by atoms with Crippen LogP contribution in [0.4, 0.5) is 5.69 Å². The van der Waals surface area contributed by atoms with Crippen LogP contribution in [0, 0.1) is 6.92 Å². The highest BCUT2D eigenvalue weighted by molar-refractivity contribution is 7.99. The van der Waals surface area contributed by atoms with Gasteiger partial charge in [0.15, 0.2) is 5.69 Å². The van der Waals surface area contributed by atoms with Crippen molar-refractivity contribution in [2.24, 2.45) is 0 Å². The first-order valence-electron chi connectivity index (χ1n) is 8.40. The largest absolute Gasteiger partial charge is 0.477 e. The quantitative estimate of drug-likeness (QED) is 0.354. The van der Waals surface area contributed by atoms with Crippen molar-refractivity contribution >= 4 is 57.5 Å². The van der Waals surface area contributed by atoms with Crippen molar-refractivity contribution < 1.29 is 9.90 Å². The summed E-state index contributed by atoms with van der Waals surface area (Å²) in [5.41, 5.74) is 2.32. The zero-order valence-electron chi connectivity index (χ0n) is 14.6. The first-order chi connectivity index (χ1) is 12.9. The number of halogens is 2. The second-order valence-electron chi connectivity index (χ2n) is 6.09. The van der Waals surface area contributed by atoms with E-state index in [1.165, 1.54) is 16.5 Å². The van der Waals surface area contributed by atoms with Gasteiger partial charge in [-0.25, -0.2) is 9.78 Å². The number of rotatable bonds is 7. The Morgan fingerprint density at radius 3 is 2.78 bits per heavy atom. The molecule has 140 valence electrons. The average molecular weight is 421 g/mol. The maximum absolute atomic E-state index is 11.4. The van der Waals surface area contributed by atoms with Gasteiger partial charge < -0.3 is 10.4 Å². The van der Waals surface area contributed by atoms with E-state index >= 15 is 0 Å². The fraction of sp³-hybridized carbons (Fsp3) is 0.200. The molecule has 3 rings (SSSR count). The summed E-state index contributed by atoms with van der Waals surface area (Å²) >= 11 is 14.1. The van der Waals surface area contributed by atoms with Crippen LogP contribution in [0.25, 0.3) is 10.9 Å². The highest BCUT2D eigenvalue weighted by Gasteiger charge is 2.14. The third-order valence-corrected chi connectivity index (χ3v) is 5.54. The Kier molecular flexibility index (Phi) is 6.47. The van der Waals surface area contributed by atoms with Crippen molar-refractivity contribution in [1.29, 1.82) is 0 Å². The molecule has 0 saturated carbocycles. The van der Waals surface area contributed by atoms with Crippen molar-refractivity contribution in [2.75, 3.05) is 17.6 Å². The third-order valence-electron chi connectivity index (χ3n) is 3.94. The summed E-state index contributed by atoms with van der Waals surface area (Å²) in [6, 6.07) is 13.2. The summed E-state index contributed by atoms with van der Waals surface area (Å²) < 4.78 is 0. The number of nitrogens with one attached hydrogen (secondary N) is 1. The number of carboxylic acid groups (broad SMARTS) is 1. The summed E-state index contributed by atoms with van der Waals surface area (Å²) in [5, 5.41) is 14.1. The van der Waals surface area contributed by atoms with Crippen molar-refractivity contribution in [1.82, 2.24) is 4.98 Å². The van der Waals surface area contributed by atoms with Crippen molar-refractivity contribution in [3.63, 3.8) is 0 Å². The van der Waals surface area contributed by atoms with Crippen LogP contribution < -0.4 is 5.32 Å². The Hall–Kier alpha value is -1.95. The molecule has 2 aromatic carbocycles. The van der Waals surface area contributed by atoms with Gasteiger partial charge >= 0.3 is 5.97 Å². The van der Waals surface area contributed by atoms with Gasteiger partial charge in [0.1, 0.15) is 0 Å². The van der Waals surface area contributed by atoms with Crippen LogP contribution in [0.5, 0.6) is 0 Å². The maximum Gasteiger partial charge on any atom is 0.354 e. The SMILES string of the molecule is Cc1cccc(SCCCNc2cc(C(=O)O)nc3cc(Cl)cc(Cl)c23)c1. The van der Waals surface area contributed by atoms with E-state index in [2.05, 4.69) is 41.5 Å². The van der Waals surface area contributed by atoms with Crippen LogP contribution in [0.15, 0.2) is 47.4 Å². The summed E-state index contributed by atoms with van der Waals surface area (Å²) in [5.74, 6) is -0.142. The van der Waals surface area contributed by atoms with E-state index in [0.717, 1.165) is 12.2 Å². The third kappa shape index (κ3) is 5.06. The molecule has 7 heteroatoms. The standard InChI is InChI=1S/C20H18Cl2N2O2S/c1-12-4-2-5-14(8-12)27-7-3-6-23-16-11-18(20(25)26)24-17-10-13(21)9-15(22)19(16)17/h2,4-5,8-11H,3,6-7H2,1H3,(H,23,24)(H,25,26). The van der Waals surface area contributed by atoms with Crippen molar-refractivity contribution in [2.45, 2.75) is 18.2 Å². The van der Waals surface area contributed by atoms with Gasteiger partial charge in [-0.1, -0.05) is 40.9 Å². The molecule has 0 atom stereocenters. The van der Waals surface area contributed by atoms with E-state index in [1.54, 1.807) is 23.9 Å². The molecule has 0 fully saturated rings. The normalized spacial score (nSPS) is 10.9. The molecule has 0 aliphatic heterocycles. The highest BCUT2D eigenvalue weighted by Crippen LogP contribution is 2.33. The monoisotopic (exact) mass is 420 g/mol. The number of benzene rings is 2. The highest BCUT2D eigenvalue weighted by atomic mass is 35.5. The molecule has 1 aromatic heterocycles. The van der Waals surface area contributed by atoms with Crippen LogP contribution in [-0.4, -0.2) is 28.4 Å². The number of fused-ring (bicyclic) bond motifs is 1. The predicted molar refractivity (Wildman–Crippen MR) is 114 cm³/mol. The molecule has 4 nitrogen and oxygen atoms in total. The number of aryl methyl sites for hydroxylation is 1. The molecule has 0 aliphatic carbocycles. The van der Waals surface area contributed by atoms with Gasteiger partial charge in [0.05, 0.1) is 10.5 Å². The van der Waals surface area contributed by atoms with Gasteiger partial charge in [-0.15, -0.1) is 11.8 Å². The minimum Gasteiger partial charge on any atom is -0.477 e. The number of thioether (sulfide) groups is 1. The lowest BCUT2D eigenvalue weighted by Crippen LogP contribution is -2.07. The molecule has 0 spiro atoms. The molecule has 0 radical (unpaired) electrons. The molecular formula is C20H18Cl2N2O2S. The number of aromatic nitrogens is 1. The second-order valence-corrected chi connectivity index (χ2v) is 8.10.